The monoisotopic (exact) mass is 589 g/mol. The van der Waals surface area contributed by atoms with Gasteiger partial charge in [-0.25, -0.2) is 0 Å². The number of benzene rings is 4. The van der Waals surface area contributed by atoms with Gasteiger partial charge in [0, 0.05) is 37.4 Å². The normalized spacial score (nSPS) is 13.8. The van der Waals surface area contributed by atoms with Gasteiger partial charge in [-0.1, -0.05) is 102 Å². The number of rotatable bonds is 9. The lowest BCUT2D eigenvalue weighted by atomic mass is 9.96. The Morgan fingerprint density at radius 3 is 1.98 bits per heavy atom. The highest BCUT2D eigenvalue weighted by atomic mass is 32.2. The van der Waals surface area contributed by atoms with Crippen LogP contribution in [-0.2, 0) is 4.79 Å². The van der Waals surface area contributed by atoms with E-state index in [1.54, 1.807) is 7.11 Å². The number of piperazine rings is 1. The molecule has 43 heavy (non-hydrogen) atoms. The molecule has 8 heteroatoms. The number of carbonyl (C=O) groups is 1. The fourth-order valence-corrected chi connectivity index (χ4v) is 6.40. The Bertz CT molecular complexity index is 1590. The third-order valence-corrected chi connectivity index (χ3v) is 8.77. The lowest BCUT2D eigenvalue weighted by Gasteiger charge is -2.39. The summed E-state index contributed by atoms with van der Waals surface area (Å²) >= 11 is 1.43. The first-order valence-corrected chi connectivity index (χ1v) is 15.5. The van der Waals surface area contributed by atoms with Crippen molar-refractivity contribution < 1.29 is 9.53 Å². The maximum atomic E-state index is 13.4. The summed E-state index contributed by atoms with van der Waals surface area (Å²) in [6.07, 6.45) is 0. The van der Waals surface area contributed by atoms with E-state index in [-0.39, 0.29) is 11.9 Å². The lowest BCUT2D eigenvalue weighted by Crippen LogP contribution is -2.50. The van der Waals surface area contributed by atoms with Crippen molar-refractivity contribution in [1.29, 1.82) is 0 Å². The third kappa shape index (κ3) is 6.50. The molecule has 0 atom stereocenters. The average Bonchev–Trinajstić information content (AvgIpc) is 3.49. The summed E-state index contributed by atoms with van der Waals surface area (Å²) in [6.45, 7) is 5.06. The first-order chi connectivity index (χ1) is 21.1. The van der Waals surface area contributed by atoms with E-state index in [0.717, 1.165) is 35.9 Å². The SMILES string of the molecule is COc1ccc(-n2c(SCC(=O)N3CCN(C(c4ccccc4)c4ccccc4)CC3)nnc2-c2ccc(C)cc2)cc1. The molecular formula is C35H35N5O2S. The first-order valence-electron chi connectivity index (χ1n) is 14.5. The minimum Gasteiger partial charge on any atom is -0.497 e. The Hall–Kier alpha value is -4.40. The standard InChI is InChI=1S/C35H35N5O2S/c1-26-13-15-29(16-14-26)34-36-37-35(40(34)30-17-19-31(42-2)20-18-30)43-25-32(41)38-21-23-39(24-22-38)33(27-9-5-3-6-10-27)28-11-7-4-8-12-28/h3-20,33H,21-25H2,1-2H3. The fourth-order valence-electron chi connectivity index (χ4n) is 5.55. The highest BCUT2D eigenvalue weighted by Crippen LogP contribution is 2.31. The van der Waals surface area contributed by atoms with Gasteiger partial charge in [0.05, 0.1) is 18.9 Å². The van der Waals surface area contributed by atoms with Crippen molar-refractivity contribution in [3.05, 3.63) is 126 Å². The maximum Gasteiger partial charge on any atom is 0.233 e. The molecule has 0 saturated carbocycles. The summed E-state index contributed by atoms with van der Waals surface area (Å²) < 4.78 is 7.38. The molecule has 0 unspecified atom stereocenters. The Kier molecular flexibility index (Phi) is 8.86. The van der Waals surface area contributed by atoms with Crippen LogP contribution in [0.4, 0.5) is 0 Å². The molecule has 5 aromatic rings. The fraction of sp³-hybridized carbons (Fsp3) is 0.229. The minimum atomic E-state index is 0.113. The van der Waals surface area contributed by atoms with Crippen molar-refractivity contribution >= 4 is 17.7 Å². The molecule has 1 aliphatic heterocycles. The summed E-state index contributed by atoms with van der Waals surface area (Å²) in [5.74, 6) is 1.92. The second-order valence-corrected chi connectivity index (χ2v) is 11.6. The predicted octanol–water partition coefficient (Wildman–Crippen LogP) is 6.28. The number of nitrogens with zero attached hydrogens (tertiary/aromatic N) is 5. The van der Waals surface area contributed by atoms with Crippen LogP contribution in [-0.4, -0.2) is 69.5 Å². The number of thioether (sulfide) groups is 1. The van der Waals surface area contributed by atoms with Gasteiger partial charge >= 0.3 is 0 Å². The van der Waals surface area contributed by atoms with Gasteiger partial charge in [-0.05, 0) is 42.3 Å². The van der Waals surface area contributed by atoms with Gasteiger partial charge in [0.15, 0.2) is 11.0 Å². The molecule has 218 valence electrons. The molecule has 2 heterocycles. The topological polar surface area (TPSA) is 63.5 Å². The molecule has 1 aliphatic rings. The van der Waals surface area contributed by atoms with Gasteiger partial charge < -0.3 is 9.64 Å². The second kappa shape index (κ2) is 13.3. The van der Waals surface area contributed by atoms with E-state index in [1.807, 2.05) is 33.7 Å². The maximum absolute atomic E-state index is 13.4. The van der Waals surface area contributed by atoms with Crippen molar-refractivity contribution in [3.63, 3.8) is 0 Å². The van der Waals surface area contributed by atoms with Crippen molar-refractivity contribution in [2.75, 3.05) is 39.0 Å². The van der Waals surface area contributed by atoms with Crippen molar-refractivity contribution in [1.82, 2.24) is 24.6 Å². The average molecular weight is 590 g/mol. The van der Waals surface area contributed by atoms with Crippen LogP contribution < -0.4 is 4.74 Å². The Balaban J connectivity index is 1.16. The summed E-state index contributed by atoms with van der Waals surface area (Å²) in [5.41, 5.74) is 5.60. The van der Waals surface area contributed by atoms with E-state index < -0.39 is 0 Å². The number of methoxy groups -OCH3 is 1. The van der Waals surface area contributed by atoms with Gasteiger partial charge in [-0.15, -0.1) is 10.2 Å². The molecule has 0 bridgehead atoms. The van der Waals surface area contributed by atoms with Crippen LogP contribution in [0.3, 0.4) is 0 Å². The van der Waals surface area contributed by atoms with Gasteiger partial charge in [0.1, 0.15) is 5.75 Å². The molecule has 4 aromatic carbocycles. The summed E-state index contributed by atoms with van der Waals surface area (Å²) in [6, 6.07) is 37.5. The quantitative estimate of drug-likeness (QED) is 0.189. The molecule has 1 saturated heterocycles. The lowest BCUT2D eigenvalue weighted by molar-refractivity contribution is -0.130. The summed E-state index contributed by atoms with van der Waals surface area (Å²) in [5, 5.41) is 9.74. The molecule has 1 aromatic heterocycles. The van der Waals surface area contributed by atoms with Crippen LogP contribution in [0, 0.1) is 6.92 Å². The highest BCUT2D eigenvalue weighted by Gasteiger charge is 2.28. The summed E-state index contributed by atoms with van der Waals surface area (Å²) in [4.78, 5) is 17.9. The van der Waals surface area contributed by atoms with Gasteiger partial charge in [-0.3, -0.25) is 14.3 Å². The van der Waals surface area contributed by atoms with Crippen molar-refractivity contribution in [2.45, 2.75) is 18.1 Å². The number of carbonyl (C=O) groups excluding carboxylic acids is 1. The van der Waals surface area contributed by atoms with Crippen molar-refractivity contribution in [3.8, 4) is 22.8 Å². The molecule has 0 aliphatic carbocycles. The Morgan fingerprint density at radius 2 is 1.40 bits per heavy atom. The molecule has 6 rings (SSSR count). The van der Waals surface area contributed by atoms with Crippen LogP contribution in [0.1, 0.15) is 22.7 Å². The summed E-state index contributed by atoms with van der Waals surface area (Å²) in [7, 11) is 1.65. The van der Waals surface area contributed by atoms with E-state index in [9.17, 15) is 4.79 Å². The largest absolute Gasteiger partial charge is 0.497 e. The number of aryl methyl sites for hydroxylation is 1. The van der Waals surface area contributed by atoms with Gasteiger partial charge in [0.2, 0.25) is 5.91 Å². The van der Waals surface area contributed by atoms with Crippen LogP contribution in [0.15, 0.2) is 114 Å². The predicted molar refractivity (Wildman–Crippen MR) is 172 cm³/mol. The Morgan fingerprint density at radius 1 is 0.791 bits per heavy atom. The van der Waals surface area contributed by atoms with Gasteiger partial charge in [-0.2, -0.15) is 0 Å². The second-order valence-electron chi connectivity index (χ2n) is 10.6. The number of hydrogen-bond donors (Lipinski definition) is 0. The zero-order valence-corrected chi connectivity index (χ0v) is 25.3. The van der Waals surface area contributed by atoms with E-state index in [1.165, 1.54) is 28.5 Å². The zero-order valence-electron chi connectivity index (χ0n) is 24.5. The van der Waals surface area contributed by atoms with Crippen molar-refractivity contribution in [2.24, 2.45) is 0 Å². The molecule has 1 amide bonds. The molecule has 0 spiro atoms. The minimum absolute atomic E-state index is 0.113. The highest BCUT2D eigenvalue weighted by molar-refractivity contribution is 7.99. The number of aromatic nitrogens is 3. The van der Waals surface area contributed by atoms with Crippen LogP contribution in [0.25, 0.3) is 17.1 Å². The molecule has 0 N–H and O–H groups in total. The zero-order chi connectivity index (χ0) is 29.6. The molecule has 0 radical (unpaired) electrons. The third-order valence-electron chi connectivity index (χ3n) is 7.86. The Labute approximate surface area is 257 Å². The smallest absolute Gasteiger partial charge is 0.233 e. The van der Waals surface area contributed by atoms with Gasteiger partial charge in [0.25, 0.3) is 0 Å². The number of hydrogen-bond acceptors (Lipinski definition) is 6. The number of amides is 1. The van der Waals surface area contributed by atoms with Crippen LogP contribution in [0.2, 0.25) is 0 Å². The molecular weight excluding hydrogens is 554 g/mol. The van der Waals surface area contributed by atoms with E-state index in [2.05, 4.69) is 107 Å². The van der Waals surface area contributed by atoms with E-state index >= 15 is 0 Å². The van der Waals surface area contributed by atoms with E-state index in [4.69, 9.17) is 4.74 Å². The van der Waals surface area contributed by atoms with Crippen LogP contribution in [0.5, 0.6) is 5.75 Å². The van der Waals surface area contributed by atoms with Crippen LogP contribution >= 0.6 is 11.8 Å². The van der Waals surface area contributed by atoms with E-state index in [0.29, 0.717) is 24.0 Å². The molecule has 1 fully saturated rings. The first kappa shape index (κ1) is 28.7. The number of ether oxygens (including phenoxy) is 1. The molecule has 7 nitrogen and oxygen atoms in total.